The summed E-state index contributed by atoms with van der Waals surface area (Å²) in [7, 11) is 0. The normalized spacial score (nSPS) is 30.2. The van der Waals surface area contributed by atoms with Crippen molar-refractivity contribution in [3.05, 3.63) is 71.8 Å². The molecule has 1 unspecified atom stereocenters. The number of carbonyl (C=O) groups is 2. The highest BCUT2D eigenvalue weighted by molar-refractivity contribution is 8.00. The Morgan fingerprint density at radius 1 is 0.867 bits per heavy atom. The van der Waals surface area contributed by atoms with E-state index >= 15 is 0 Å². The van der Waals surface area contributed by atoms with Crippen LogP contribution in [0.3, 0.4) is 0 Å². The molecule has 0 N–H and O–H groups in total. The van der Waals surface area contributed by atoms with E-state index in [0.29, 0.717) is 0 Å². The van der Waals surface area contributed by atoms with Gasteiger partial charge in [0, 0.05) is 11.2 Å². The van der Waals surface area contributed by atoms with Gasteiger partial charge in [-0.05, 0) is 48.3 Å². The number of carbonyl (C=O) groups excluding carboxylic acids is 2. The summed E-state index contributed by atoms with van der Waals surface area (Å²) < 4.78 is 0. The summed E-state index contributed by atoms with van der Waals surface area (Å²) in [4.78, 5) is 26.5. The van der Waals surface area contributed by atoms with Gasteiger partial charge in [-0.3, -0.25) is 4.79 Å². The average Bonchev–Trinajstić information content (AvgIpc) is 3.06. The molecular formula is C27H30O2S. The second kappa shape index (κ2) is 8.19. The van der Waals surface area contributed by atoms with Crippen molar-refractivity contribution in [2.45, 2.75) is 45.3 Å². The summed E-state index contributed by atoms with van der Waals surface area (Å²) in [5.74, 6) is 0.895. The Bertz CT molecular complexity index is 965. The topological polar surface area (TPSA) is 34.1 Å². The summed E-state index contributed by atoms with van der Waals surface area (Å²) in [5, 5.41) is -0.0213. The lowest BCUT2D eigenvalue weighted by Gasteiger charge is -2.39. The summed E-state index contributed by atoms with van der Waals surface area (Å²) in [6.07, 6.45) is 4.54. The highest BCUT2D eigenvalue weighted by atomic mass is 32.2. The molecule has 0 amide bonds. The summed E-state index contributed by atoms with van der Waals surface area (Å²) >= 11 is 1.83. The molecule has 0 aliphatic heterocycles. The van der Waals surface area contributed by atoms with Crippen LogP contribution in [0.25, 0.3) is 11.1 Å². The molecule has 2 bridgehead atoms. The van der Waals surface area contributed by atoms with Gasteiger partial charge >= 0.3 is 0 Å². The third kappa shape index (κ3) is 2.93. The summed E-state index contributed by atoms with van der Waals surface area (Å²) in [5.41, 5.74) is 2.86. The summed E-state index contributed by atoms with van der Waals surface area (Å²) in [6, 6.07) is 20.5. The van der Waals surface area contributed by atoms with Gasteiger partial charge in [-0.1, -0.05) is 80.4 Å². The minimum Gasteiger partial charge on any atom is -0.303 e. The van der Waals surface area contributed by atoms with Crippen molar-refractivity contribution in [3.63, 3.8) is 0 Å². The van der Waals surface area contributed by atoms with Crippen LogP contribution in [-0.2, 0) is 9.59 Å². The number of aldehydes is 1. The van der Waals surface area contributed by atoms with Gasteiger partial charge in [-0.2, -0.15) is 11.8 Å². The summed E-state index contributed by atoms with van der Waals surface area (Å²) in [6.45, 7) is 6.30. The molecule has 2 aromatic rings. The van der Waals surface area contributed by atoms with Gasteiger partial charge in [0.15, 0.2) is 5.78 Å². The molecule has 3 heteroatoms. The third-order valence-corrected chi connectivity index (χ3v) is 8.76. The third-order valence-electron chi connectivity index (χ3n) is 7.11. The van der Waals surface area contributed by atoms with Crippen LogP contribution in [-0.4, -0.2) is 23.1 Å². The van der Waals surface area contributed by atoms with E-state index in [9.17, 15) is 9.59 Å². The van der Waals surface area contributed by atoms with Gasteiger partial charge in [0.2, 0.25) is 0 Å². The van der Waals surface area contributed by atoms with Gasteiger partial charge in [-0.15, -0.1) is 0 Å². The van der Waals surface area contributed by atoms with Crippen LogP contribution in [0.15, 0.2) is 60.7 Å². The number of thioether (sulfide) groups is 1. The fourth-order valence-electron chi connectivity index (χ4n) is 5.68. The number of hydrogen-bond donors (Lipinski definition) is 0. The second-order valence-corrected chi connectivity index (χ2v) is 10.1. The lowest BCUT2D eigenvalue weighted by atomic mass is 9.67. The molecule has 2 aliphatic rings. The van der Waals surface area contributed by atoms with E-state index in [-0.39, 0.29) is 17.0 Å². The molecule has 0 spiro atoms. The van der Waals surface area contributed by atoms with Crippen LogP contribution >= 0.6 is 11.8 Å². The van der Waals surface area contributed by atoms with Gasteiger partial charge in [-0.25, -0.2) is 0 Å². The van der Waals surface area contributed by atoms with E-state index in [4.69, 9.17) is 0 Å². The fourth-order valence-corrected chi connectivity index (χ4v) is 7.40. The Morgan fingerprint density at radius 2 is 1.40 bits per heavy atom. The highest BCUT2D eigenvalue weighted by Crippen LogP contribution is 2.71. The van der Waals surface area contributed by atoms with E-state index < -0.39 is 10.8 Å². The SMILES string of the molecule is CCCCCS[C@H]1C(C=O)[C@]2(C)C(=O)[C@]1(C)C(c1ccccc1)=C2c1ccccc1. The zero-order valence-corrected chi connectivity index (χ0v) is 18.9. The standard InChI is InChI=1S/C27H30O2S/c1-4-5-12-17-30-24-21(18-28)26(2)22(19-13-8-6-9-14-19)23(27(24,3)25(26)29)20-15-10-7-11-16-20/h6-11,13-16,18,21,24H,4-5,12,17H2,1-3H3/t21?,24-,26-,27+/m0/s1. The number of hydrogen-bond acceptors (Lipinski definition) is 3. The molecule has 0 aromatic heterocycles. The van der Waals surface area contributed by atoms with Crippen LogP contribution in [0.4, 0.5) is 0 Å². The zero-order chi connectivity index (χ0) is 21.4. The number of fused-ring (bicyclic) bond motifs is 2. The van der Waals surface area contributed by atoms with E-state index in [2.05, 4.69) is 38.1 Å². The van der Waals surface area contributed by atoms with Gasteiger partial charge in [0.1, 0.15) is 6.29 Å². The lowest BCUT2D eigenvalue weighted by molar-refractivity contribution is -0.128. The van der Waals surface area contributed by atoms with Gasteiger partial charge in [0.25, 0.3) is 0 Å². The largest absolute Gasteiger partial charge is 0.303 e. The highest BCUT2D eigenvalue weighted by Gasteiger charge is 2.72. The Labute approximate surface area is 184 Å². The van der Waals surface area contributed by atoms with E-state index in [1.807, 2.05) is 55.1 Å². The first kappa shape index (κ1) is 21.1. The van der Waals surface area contributed by atoms with Crippen molar-refractivity contribution in [1.29, 1.82) is 0 Å². The first-order valence-corrected chi connectivity index (χ1v) is 12.0. The fraction of sp³-hybridized carbons (Fsp3) is 0.407. The van der Waals surface area contributed by atoms with Crippen molar-refractivity contribution in [1.82, 2.24) is 0 Å². The average molecular weight is 419 g/mol. The molecule has 1 saturated carbocycles. The van der Waals surface area contributed by atoms with Crippen LogP contribution < -0.4 is 0 Å². The predicted octanol–water partition coefficient (Wildman–Crippen LogP) is 6.31. The smallest absolute Gasteiger partial charge is 0.155 e. The number of benzene rings is 2. The van der Waals surface area contributed by atoms with Crippen molar-refractivity contribution in [2.24, 2.45) is 16.7 Å². The van der Waals surface area contributed by atoms with Gasteiger partial charge in [0.05, 0.1) is 10.8 Å². The first-order valence-electron chi connectivity index (χ1n) is 11.0. The van der Waals surface area contributed by atoms with Crippen LogP contribution in [0.1, 0.15) is 51.2 Å². The zero-order valence-electron chi connectivity index (χ0n) is 18.1. The maximum atomic E-state index is 14.0. The Morgan fingerprint density at radius 3 is 1.90 bits per heavy atom. The van der Waals surface area contributed by atoms with Crippen LogP contribution in [0.5, 0.6) is 0 Å². The molecule has 4 atom stereocenters. The maximum Gasteiger partial charge on any atom is 0.155 e. The molecule has 2 nitrogen and oxygen atoms in total. The van der Waals surface area contributed by atoms with Crippen molar-refractivity contribution < 1.29 is 9.59 Å². The van der Waals surface area contributed by atoms with E-state index in [0.717, 1.165) is 40.7 Å². The number of rotatable bonds is 8. The molecule has 30 heavy (non-hydrogen) atoms. The predicted molar refractivity (Wildman–Crippen MR) is 126 cm³/mol. The molecule has 0 saturated heterocycles. The minimum atomic E-state index is -0.786. The van der Waals surface area contributed by atoms with E-state index in [1.165, 1.54) is 12.8 Å². The lowest BCUT2D eigenvalue weighted by Crippen LogP contribution is -2.37. The Balaban J connectivity index is 1.92. The molecule has 1 fully saturated rings. The van der Waals surface area contributed by atoms with Crippen molar-refractivity contribution >= 4 is 35.0 Å². The first-order chi connectivity index (χ1) is 14.5. The minimum absolute atomic E-state index is 0.0213. The number of Topliss-reactive ketones (excluding diaryl/α,β-unsaturated/α-hetero) is 1. The number of ketones is 1. The monoisotopic (exact) mass is 418 g/mol. The van der Waals surface area contributed by atoms with Gasteiger partial charge < -0.3 is 4.79 Å². The maximum absolute atomic E-state index is 14.0. The number of allylic oxidation sites excluding steroid dienone is 2. The number of unbranched alkanes of at least 4 members (excludes halogenated alkanes) is 2. The quantitative estimate of drug-likeness (QED) is 0.372. The van der Waals surface area contributed by atoms with Crippen molar-refractivity contribution in [2.75, 3.05) is 5.75 Å². The van der Waals surface area contributed by atoms with Crippen molar-refractivity contribution in [3.8, 4) is 0 Å². The molecule has 0 radical (unpaired) electrons. The molecule has 0 heterocycles. The molecular weight excluding hydrogens is 388 g/mol. The van der Waals surface area contributed by atoms with Crippen LogP contribution in [0, 0.1) is 16.7 Å². The molecule has 4 rings (SSSR count). The molecule has 156 valence electrons. The molecule has 2 aliphatic carbocycles. The molecule has 2 aromatic carbocycles. The second-order valence-electron chi connectivity index (χ2n) is 8.88. The Kier molecular flexibility index (Phi) is 5.76. The Hall–Kier alpha value is -2.13. The van der Waals surface area contributed by atoms with Crippen LogP contribution in [0.2, 0.25) is 0 Å². The van der Waals surface area contributed by atoms with E-state index in [1.54, 1.807) is 0 Å².